The van der Waals surface area contributed by atoms with Crippen LogP contribution in [0.5, 0.6) is 0 Å². The molecule has 0 atom stereocenters. The Kier molecular flexibility index (Phi) is 3.96. The molecule has 21 heavy (non-hydrogen) atoms. The van der Waals surface area contributed by atoms with E-state index in [-0.39, 0.29) is 5.56 Å². The first-order valence-electron chi connectivity index (χ1n) is 7.11. The molecular formula is C14H18ClN5O. The lowest BCUT2D eigenvalue weighted by atomic mass is 9.85. The Hall–Kier alpha value is -1.82. The van der Waals surface area contributed by atoms with Gasteiger partial charge in [-0.05, 0) is 18.8 Å². The number of nitrogens with zero attached hydrogens (tertiary/aromatic N) is 4. The van der Waals surface area contributed by atoms with Crippen molar-refractivity contribution < 1.29 is 0 Å². The summed E-state index contributed by atoms with van der Waals surface area (Å²) in [5.74, 6) is 1.41. The molecule has 112 valence electrons. The zero-order chi connectivity index (χ0) is 14.8. The highest BCUT2D eigenvalue weighted by atomic mass is 35.5. The summed E-state index contributed by atoms with van der Waals surface area (Å²) in [5, 5.41) is 7.57. The van der Waals surface area contributed by atoms with E-state index in [0.29, 0.717) is 29.7 Å². The lowest BCUT2D eigenvalue weighted by Crippen LogP contribution is -2.31. The molecular weight excluding hydrogens is 290 g/mol. The van der Waals surface area contributed by atoms with E-state index in [4.69, 9.17) is 11.6 Å². The summed E-state index contributed by atoms with van der Waals surface area (Å²) in [4.78, 5) is 16.7. The monoisotopic (exact) mass is 307 g/mol. The molecule has 1 saturated carbocycles. The summed E-state index contributed by atoms with van der Waals surface area (Å²) >= 11 is 6.10. The van der Waals surface area contributed by atoms with Crippen LogP contribution in [0.4, 0.5) is 5.69 Å². The van der Waals surface area contributed by atoms with Crippen LogP contribution >= 0.6 is 11.6 Å². The van der Waals surface area contributed by atoms with Gasteiger partial charge >= 0.3 is 0 Å². The number of hydrogen-bond acceptors (Lipinski definition) is 4. The van der Waals surface area contributed by atoms with Gasteiger partial charge in [-0.2, -0.15) is 5.10 Å². The van der Waals surface area contributed by atoms with E-state index in [1.807, 2.05) is 17.8 Å². The maximum absolute atomic E-state index is 12.4. The van der Waals surface area contributed by atoms with Crippen molar-refractivity contribution in [3.63, 3.8) is 0 Å². The van der Waals surface area contributed by atoms with Crippen LogP contribution in [-0.4, -0.2) is 19.3 Å². The number of halogens is 1. The predicted molar refractivity (Wildman–Crippen MR) is 81.4 cm³/mol. The average molecular weight is 308 g/mol. The second-order valence-corrected chi connectivity index (χ2v) is 5.87. The Morgan fingerprint density at radius 2 is 2.29 bits per heavy atom. The Morgan fingerprint density at radius 3 is 2.90 bits per heavy atom. The van der Waals surface area contributed by atoms with Gasteiger partial charge in [-0.1, -0.05) is 18.0 Å². The molecule has 0 saturated heterocycles. The minimum absolute atomic E-state index is 0.163. The first kappa shape index (κ1) is 14.1. The molecule has 0 aliphatic heterocycles. The van der Waals surface area contributed by atoms with Crippen LogP contribution in [0, 0.1) is 5.92 Å². The average Bonchev–Trinajstić information content (AvgIpc) is 2.81. The fraction of sp³-hybridized carbons (Fsp3) is 0.500. The van der Waals surface area contributed by atoms with Gasteiger partial charge < -0.3 is 9.88 Å². The summed E-state index contributed by atoms with van der Waals surface area (Å²) in [6.45, 7) is 1.12. The molecule has 1 aliphatic carbocycles. The number of rotatable bonds is 5. The van der Waals surface area contributed by atoms with Gasteiger partial charge in [-0.15, -0.1) is 0 Å². The number of imidazole rings is 1. The molecule has 0 spiro atoms. The maximum Gasteiger partial charge on any atom is 0.291 e. The van der Waals surface area contributed by atoms with Crippen molar-refractivity contribution >= 4 is 17.3 Å². The third-order valence-electron chi connectivity index (χ3n) is 4.00. The summed E-state index contributed by atoms with van der Waals surface area (Å²) in [6, 6.07) is 0. The largest absolute Gasteiger partial charge is 0.372 e. The van der Waals surface area contributed by atoms with Crippen molar-refractivity contribution in [1.29, 1.82) is 0 Å². The molecule has 3 rings (SSSR count). The molecule has 7 heteroatoms. The van der Waals surface area contributed by atoms with Gasteiger partial charge in [0.15, 0.2) is 0 Å². The lowest BCUT2D eigenvalue weighted by Gasteiger charge is -2.25. The zero-order valence-electron chi connectivity index (χ0n) is 11.9. The Morgan fingerprint density at radius 1 is 1.48 bits per heavy atom. The second-order valence-electron chi connectivity index (χ2n) is 5.46. The molecule has 1 aliphatic rings. The summed E-state index contributed by atoms with van der Waals surface area (Å²) in [7, 11) is 1.91. The maximum atomic E-state index is 12.4. The van der Waals surface area contributed by atoms with Gasteiger partial charge in [0.2, 0.25) is 0 Å². The third-order valence-corrected chi connectivity index (χ3v) is 4.28. The van der Waals surface area contributed by atoms with Gasteiger partial charge in [0.25, 0.3) is 5.56 Å². The number of hydrogen-bond donors (Lipinski definition) is 1. The topological polar surface area (TPSA) is 64.7 Å². The van der Waals surface area contributed by atoms with Gasteiger partial charge in [-0.3, -0.25) is 4.79 Å². The Bertz CT molecular complexity index is 689. The van der Waals surface area contributed by atoms with Crippen LogP contribution in [0.25, 0.3) is 0 Å². The highest BCUT2D eigenvalue weighted by Crippen LogP contribution is 2.27. The molecule has 2 aromatic heterocycles. The number of anilines is 1. The molecule has 2 aromatic rings. The molecule has 0 radical (unpaired) electrons. The molecule has 2 heterocycles. The van der Waals surface area contributed by atoms with Crippen LogP contribution in [-0.2, 0) is 20.1 Å². The summed E-state index contributed by atoms with van der Waals surface area (Å²) < 4.78 is 3.41. The van der Waals surface area contributed by atoms with Crippen molar-refractivity contribution in [1.82, 2.24) is 19.3 Å². The van der Waals surface area contributed by atoms with Crippen molar-refractivity contribution in [3.8, 4) is 0 Å². The van der Waals surface area contributed by atoms with E-state index >= 15 is 0 Å². The third kappa shape index (κ3) is 2.95. The summed E-state index contributed by atoms with van der Waals surface area (Å²) in [6.07, 6.45) is 8.71. The molecule has 0 amide bonds. The van der Waals surface area contributed by atoms with Crippen molar-refractivity contribution in [3.05, 3.63) is 39.8 Å². The van der Waals surface area contributed by atoms with Crippen LogP contribution in [0.2, 0.25) is 5.02 Å². The predicted octanol–water partition coefficient (Wildman–Crippen LogP) is 2.04. The smallest absolute Gasteiger partial charge is 0.291 e. The molecule has 1 fully saturated rings. The van der Waals surface area contributed by atoms with E-state index in [9.17, 15) is 4.79 Å². The Labute approximate surface area is 127 Å². The molecule has 1 N–H and O–H groups in total. The van der Waals surface area contributed by atoms with Gasteiger partial charge in [-0.25, -0.2) is 9.67 Å². The quantitative estimate of drug-likeness (QED) is 0.918. The fourth-order valence-corrected chi connectivity index (χ4v) is 2.60. The number of aromatic nitrogens is 4. The first-order valence-corrected chi connectivity index (χ1v) is 7.48. The van der Waals surface area contributed by atoms with Crippen molar-refractivity contribution in [2.75, 3.05) is 5.32 Å². The van der Waals surface area contributed by atoms with Crippen LogP contribution in [0.15, 0.2) is 23.4 Å². The van der Waals surface area contributed by atoms with Crippen molar-refractivity contribution in [2.24, 2.45) is 13.0 Å². The zero-order valence-corrected chi connectivity index (χ0v) is 12.7. The van der Waals surface area contributed by atoms with Crippen LogP contribution in [0.1, 0.15) is 25.1 Å². The Balaban J connectivity index is 1.78. The van der Waals surface area contributed by atoms with E-state index in [1.54, 1.807) is 6.20 Å². The van der Waals surface area contributed by atoms with E-state index < -0.39 is 0 Å². The van der Waals surface area contributed by atoms with Gasteiger partial charge in [0.05, 0.1) is 17.8 Å². The van der Waals surface area contributed by atoms with Crippen molar-refractivity contribution in [2.45, 2.75) is 32.4 Å². The lowest BCUT2D eigenvalue weighted by molar-refractivity contribution is 0.262. The minimum Gasteiger partial charge on any atom is -0.372 e. The molecule has 0 aromatic carbocycles. The van der Waals surface area contributed by atoms with E-state index in [2.05, 4.69) is 15.4 Å². The molecule has 0 unspecified atom stereocenters. The number of nitrogens with one attached hydrogen (secondary N) is 1. The van der Waals surface area contributed by atoms with Crippen LogP contribution < -0.4 is 10.9 Å². The molecule has 6 nitrogen and oxygen atoms in total. The van der Waals surface area contributed by atoms with Gasteiger partial charge in [0.1, 0.15) is 11.5 Å². The van der Waals surface area contributed by atoms with Crippen LogP contribution in [0.3, 0.4) is 0 Å². The van der Waals surface area contributed by atoms with E-state index in [0.717, 1.165) is 5.82 Å². The standard InChI is InChI=1S/C14H18ClN5O/c1-19-6-5-16-12(19)8-17-13-11(15)7-18-20(14(13)21)9-10-3-2-4-10/h5-7,10,17H,2-4,8-9H2,1H3. The highest BCUT2D eigenvalue weighted by Gasteiger charge is 2.20. The van der Waals surface area contributed by atoms with Gasteiger partial charge in [0, 0.05) is 26.0 Å². The summed E-state index contributed by atoms with van der Waals surface area (Å²) in [5.41, 5.74) is 0.234. The normalized spacial score (nSPS) is 15.0. The SMILES string of the molecule is Cn1ccnc1CNc1c(Cl)cnn(CC2CCC2)c1=O. The highest BCUT2D eigenvalue weighted by molar-refractivity contribution is 6.32. The second kappa shape index (κ2) is 5.89. The first-order chi connectivity index (χ1) is 10.1. The minimum atomic E-state index is -0.163. The van der Waals surface area contributed by atoms with E-state index in [1.165, 1.54) is 30.1 Å². The fourth-order valence-electron chi connectivity index (χ4n) is 2.41. The number of aryl methyl sites for hydroxylation is 1. The molecule has 0 bridgehead atoms.